The normalized spacial score (nSPS) is 11.5. The summed E-state index contributed by atoms with van der Waals surface area (Å²) >= 11 is 11.0. The van der Waals surface area contributed by atoms with Gasteiger partial charge >= 0.3 is 6.18 Å². The van der Waals surface area contributed by atoms with Crippen molar-refractivity contribution in [1.82, 2.24) is 9.78 Å². The van der Waals surface area contributed by atoms with Crippen LogP contribution in [0.2, 0.25) is 5.02 Å². The predicted octanol–water partition coefficient (Wildman–Crippen LogP) is 4.26. The van der Waals surface area contributed by atoms with E-state index in [0.717, 1.165) is 13.0 Å². The lowest BCUT2D eigenvalue weighted by atomic mass is 10.1. The van der Waals surface area contributed by atoms with Crippen LogP contribution in [0.5, 0.6) is 0 Å². The minimum atomic E-state index is -4.73. The van der Waals surface area contributed by atoms with Crippen LogP contribution in [0.1, 0.15) is 23.6 Å². The molecule has 0 unspecified atom stereocenters. The fraction of sp³-hybridized carbons (Fsp3) is 0.312. The number of alkyl halides is 3. The van der Waals surface area contributed by atoms with Gasteiger partial charge in [0, 0.05) is 17.0 Å². The van der Waals surface area contributed by atoms with Crippen LogP contribution in [0.3, 0.4) is 0 Å². The molecule has 2 rings (SSSR count). The van der Waals surface area contributed by atoms with E-state index in [9.17, 15) is 22.4 Å². The first-order valence-corrected chi connectivity index (χ1v) is 8.15. The number of rotatable bonds is 4. The maximum absolute atomic E-state index is 14.3. The highest BCUT2D eigenvalue weighted by atomic mass is 35.5. The lowest BCUT2D eigenvalue weighted by molar-refractivity contribution is -0.138. The topological polar surface area (TPSA) is 44.1 Å². The average molecular weight is 409 g/mol. The lowest BCUT2D eigenvalue weighted by Gasteiger charge is -2.14. The number of aromatic nitrogens is 2. The van der Waals surface area contributed by atoms with E-state index in [2.05, 4.69) is 5.10 Å². The van der Waals surface area contributed by atoms with E-state index < -0.39 is 28.7 Å². The van der Waals surface area contributed by atoms with Crippen LogP contribution in [0.25, 0.3) is 5.69 Å². The molecule has 0 saturated heterocycles. The molecule has 0 amide bonds. The predicted molar refractivity (Wildman–Crippen MR) is 92.5 cm³/mol. The Morgan fingerprint density at radius 1 is 1.38 bits per heavy atom. The summed E-state index contributed by atoms with van der Waals surface area (Å²) in [7, 11) is 0. The summed E-state index contributed by atoms with van der Waals surface area (Å²) < 4.78 is 58.6. The highest BCUT2D eigenvalue weighted by Gasteiger charge is 2.34. The van der Waals surface area contributed by atoms with Crippen LogP contribution in [0.15, 0.2) is 23.1 Å². The van der Waals surface area contributed by atoms with Crippen molar-refractivity contribution in [2.24, 2.45) is 0 Å². The van der Waals surface area contributed by atoms with Gasteiger partial charge < -0.3 is 4.74 Å². The fourth-order valence-corrected chi connectivity index (χ4v) is 2.73. The zero-order valence-electron chi connectivity index (χ0n) is 13.7. The Hall–Kier alpha value is -2.00. The van der Waals surface area contributed by atoms with Gasteiger partial charge in [-0.15, -0.1) is 0 Å². The van der Waals surface area contributed by atoms with Crippen molar-refractivity contribution in [2.45, 2.75) is 26.4 Å². The number of halogens is 5. The molecule has 0 aliphatic heterocycles. The number of hydrogen-bond acceptors (Lipinski definition) is 4. The van der Waals surface area contributed by atoms with Crippen LogP contribution >= 0.6 is 23.8 Å². The molecule has 0 spiro atoms. The van der Waals surface area contributed by atoms with Crippen molar-refractivity contribution in [3.63, 3.8) is 0 Å². The first kappa shape index (κ1) is 20.3. The van der Waals surface area contributed by atoms with Crippen LogP contribution < -0.4 is 5.56 Å². The van der Waals surface area contributed by atoms with Crippen molar-refractivity contribution >= 4 is 28.9 Å². The summed E-state index contributed by atoms with van der Waals surface area (Å²) in [5.41, 5.74) is -2.82. The third-order valence-corrected chi connectivity index (χ3v) is 4.12. The third-order valence-electron chi connectivity index (χ3n) is 3.51. The number of nitrogens with zero attached hydrogens (tertiary/aromatic N) is 2. The van der Waals surface area contributed by atoms with Crippen LogP contribution in [0.4, 0.5) is 17.6 Å². The van der Waals surface area contributed by atoms with Crippen molar-refractivity contribution in [3.05, 3.63) is 56.2 Å². The summed E-state index contributed by atoms with van der Waals surface area (Å²) in [6, 6.07) is 2.16. The Balaban J connectivity index is 2.57. The second-order valence-corrected chi connectivity index (χ2v) is 6.14. The van der Waals surface area contributed by atoms with Gasteiger partial charge in [0.25, 0.3) is 5.56 Å². The molecule has 10 heteroatoms. The molecular formula is C16H13ClF4N2O2S. The highest BCUT2D eigenvalue weighted by molar-refractivity contribution is 7.80. The average Bonchev–Trinajstić information content (AvgIpc) is 2.52. The SMILES string of the molecule is CCOC(=S)Cc1cc(-n2ncc(C(F)(F)F)c(C)c2=O)c(F)cc1Cl. The van der Waals surface area contributed by atoms with Gasteiger partial charge in [-0.25, -0.2) is 4.39 Å². The first-order chi connectivity index (χ1) is 12.1. The van der Waals surface area contributed by atoms with Gasteiger partial charge in [-0.3, -0.25) is 4.79 Å². The standard InChI is InChI=1S/C16H13ClF4N2O2S/c1-3-25-14(26)5-9-4-13(12(18)6-11(9)17)23-15(24)8(2)10(7-22-23)16(19,20)21/h4,6-7H,3,5H2,1-2H3. The van der Waals surface area contributed by atoms with Crippen molar-refractivity contribution < 1.29 is 22.3 Å². The van der Waals surface area contributed by atoms with Gasteiger partial charge in [0.1, 0.15) is 5.69 Å². The molecule has 0 saturated carbocycles. The summed E-state index contributed by atoms with van der Waals surface area (Å²) in [5.74, 6) is -0.908. The number of hydrogen-bond donors (Lipinski definition) is 0. The molecule has 0 atom stereocenters. The second kappa shape index (κ2) is 7.71. The van der Waals surface area contributed by atoms with Gasteiger partial charge in [0.2, 0.25) is 0 Å². The van der Waals surface area contributed by atoms with Gasteiger partial charge in [-0.2, -0.15) is 23.0 Å². The molecule has 0 aliphatic carbocycles. The number of ether oxygens (including phenoxy) is 1. The highest BCUT2D eigenvalue weighted by Crippen LogP contribution is 2.30. The van der Waals surface area contributed by atoms with Gasteiger partial charge in [0.15, 0.2) is 10.9 Å². The Morgan fingerprint density at radius 2 is 2.04 bits per heavy atom. The van der Waals surface area contributed by atoms with Gasteiger partial charge in [-0.05, 0) is 43.8 Å². The minimum Gasteiger partial charge on any atom is -0.487 e. The maximum Gasteiger partial charge on any atom is 0.418 e. The molecule has 0 radical (unpaired) electrons. The largest absolute Gasteiger partial charge is 0.487 e. The van der Waals surface area contributed by atoms with E-state index in [1.54, 1.807) is 6.92 Å². The Morgan fingerprint density at radius 3 is 2.62 bits per heavy atom. The molecule has 1 aromatic carbocycles. The number of thiocarbonyl (C=S) groups is 1. The lowest BCUT2D eigenvalue weighted by Crippen LogP contribution is -2.28. The zero-order valence-corrected chi connectivity index (χ0v) is 15.2. The van der Waals surface area contributed by atoms with Crippen LogP contribution in [0, 0.1) is 12.7 Å². The summed E-state index contributed by atoms with van der Waals surface area (Å²) in [4.78, 5) is 12.3. The van der Waals surface area contributed by atoms with Crippen LogP contribution in [-0.2, 0) is 17.3 Å². The van der Waals surface area contributed by atoms with Crippen LogP contribution in [-0.4, -0.2) is 21.4 Å². The van der Waals surface area contributed by atoms with Crippen molar-refractivity contribution in [3.8, 4) is 5.69 Å². The van der Waals surface area contributed by atoms with E-state index in [-0.39, 0.29) is 22.2 Å². The molecule has 1 aromatic heterocycles. The molecule has 26 heavy (non-hydrogen) atoms. The van der Waals surface area contributed by atoms with Crippen molar-refractivity contribution in [1.29, 1.82) is 0 Å². The summed E-state index contributed by atoms with van der Waals surface area (Å²) in [5, 5.41) is 3.71. The molecule has 140 valence electrons. The third kappa shape index (κ3) is 4.21. The molecule has 2 aromatic rings. The van der Waals surface area contributed by atoms with E-state index in [0.29, 0.717) is 23.0 Å². The quantitative estimate of drug-likeness (QED) is 0.560. The van der Waals surface area contributed by atoms with E-state index in [4.69, 9.17) is 28.6 Å². The molecule has 1 heterocycles. The fourth-order valence-electron chi connectivity index (χ4n) is 2.24. The Kier molecular flexibility index (Phi) is 6.02. The second-order valence-electron chi connectivity index (χ2n) is 5.27. The first-order valence-electron chi connectivity index (χ1n) is 7.36. The summed E-state index contributed by atoms with van der Waals surface area (Å²) in [6.07, 6.45) is -4.18. The van der Waals surface area contributed by atoms with Crippen molar-refractivity contribution in [2.75, 3.05) is 6.61 Å². The molecular weight excluding hydrogens is 396 g/mol. The molecule has 0 fully saturated rings. The molecule has 0 N–H and O–H groups in total. The Labute approximate surface area is 156 Å². The molecule has 4 nitrogen and oxygen atoms in total. The molecule has 0 aliphatic rings. The minimum absolute atomic E-state index is 0.0463. The smallest absolute Gasteiger partial charge is 0.418 e. The zero-order chi connectivity index (χ0) is 19.6. The maximum atomic E-state index is 14.3. The Bertz CT molecular complexity index is 912. The summed E-state index contributed by atoms with van der Waals surface area (Å²) in [6.45, 7) is 3.07. The van der Waals surface area contributed by atoms with E-state index in [1.807, 2.05) is 0 Å². The molecule has 0 bridgehead atoms. The van der Waals surface area contributed by atoms with E-state index in [1.165, 1.54) is 6.07 Å². The van der Waals surface area contributed by atoms with Gasteiger partial charge in [-0.1, -0.05) is 11.6 Å². The number of benzene rings is 1. The van der Waals surface area contributed by atoms with E-state index >= 15 is 0 Å². The monoisotopic (exact) mass is 408 g/mol. The van der Waals surface area contributed by atoms with Gasteiger partial charge in [0.05, 0.1) is 18.4 Å².